The van der Waals surface area contributed by atoms with Gasteiger partial charge in [0.25, 0.3) is 0 Å². The Morgan fingerprint density at radius 1 is 1.12 bits per heavy atom. The summed E-state index contributed by atoms with van der Waals surface area (Å²) >= 11 is 7.61. The molecule has 0 saturated carbocycles. The number of nitrogens with zero attached hydrogens (tertiary/aromatic N) is 2. The van der Waals surface area contributed by atoms with Gasteiger partial charge in [0.2, 0.25) is 17.7 Å². The Kier molecular flexibility index (Phi) is 13.1. The van der Waals surface area contributed by atoms with Gasteiger partial charge in [-0.3, -0.25) is 14.4 Å². The lowest BCUT2D eigenvalue weighted by atomic mass is 9.91. The SMILES string of the molecule is CCCC(=O)N[C@@H](Cc1nc2ccc(Cl)cc2s1)C(=O)NC(CNC(=O)C(C)CN(CC)CC)C1CCOCC1. The minimum Gasteiger partial charge on any atom is -0.381 e. The number of benzene rings is 1. The molecule has 3 amide bonds. The van der Waals surface area contributed by atoms with Crippen LogP contribution in [0, 0.1) is 11.8 Å². The van der Waals surface area contributed by atoms with Gasteiger partial charge in [-0.15, -0.1) is 11.3 Å². The Morgan fingerprint density at radius 3 is 2.52 bits per heavy atom. The van der Waals surface area contributed by atoms with E-state index < -0.39 is 6.04 Å². The summed E-state index contributed by atoms with van der Waals surface area (Å²) in [6, 6.07) is 4.44. The molecule has 1 aromatic carbocycles. The quantitative estimate of drug-likeness (QED) is 0.290. The van der Waals surface area contributed by atoms with Gasteiger partial charge in [0, 0.05) is 56.1 Å². The molecule has 0 bridgehead atoms. The number of rotatable bonds is 15. The smallest absolute Gasteiger partial charge is 0.243 e. The molecule has 2 aromatic rings. The van der Waals surface area contributed by atoms with E-state index in [1.165, 1.54) is 11.3 Å². The molecule has 1 saturated heterocycles. The molecule has 9 nitrogen and oxygen atoms in total. The van der Waals surface area contributed by atoms with Crippen molar-refractivity contribution in [3.05, 3.63) is 28.2 Å². The molecule has 1 fully saturated rings. The highest BCUT2D eigenvalue weighted by Gasteiger charge is 2.30. The average molecular weight is 594 g/mol. The minimum atomic E-state index is -0.783. The van der Waals surface area contributed by atoms with Gasteiger partial charge in [-0.2, -0.15) is 0 Å². The fourth-order valence-electron chi connectivity index (χ4n) is 4.98. The fraction of sp³-hybridized carbons (Fsp3) is 0.655. The second kappa shape index (κ2) is 16.2. The number of hydrogen-bond donors (Lipinski definition) is 3. The number of carbonyl (C=O) groups excluding carboxylic acids is 3. The molecule has 3 rings (SSSR count). The van der Waals surface area contributed by atoms with Crippen LogP contribution in [0.15, 0.2) is 18.2 Å². The van der Waals surface area contributed by atoms with Gasteiger partial charge in [-0.1, -0.05) is 39.3 Å². The van der Waals surface area contributed by atoms with E-state index in [1.807, 2.05) is 26.0 Å². The van der Waals surface area contributed by atoms with Crippen LogP contribution in [0.1, 0.15) is 58.4 Å². The summed E-state index contributed by atoms with van der Waals surface area (Å²) in [4.78, 5) is 46.1. The topological polar surface area (TPSA) is 113 Å². The molecule has 1 aromatic heterocycles. The summed E-state index contributed by atoms with van der Waals surface area (Å²) in [7, 11) is 0. The Hall–Kier alpha value is -2.27. The van der Waals surface area contributed by atoms with Gasteiger partial charge in [-0.05, 0) is 56.5 Å². The summed E-state index contributed by atoms with van der Waals surface area (Å²) < 4.78 is 6.48. The molecule has 0 spiro atoms. The van der Waals surface area contributed by atoms with Crippen LogP contribution in [0.25, 0.3) is 10.2 Å². The van der Waals surface area contributed by atoms with Crippen molar-refractivity contribution in [2.75, 3.05) is 39.4 Å². The summed E-state index contributed by atoms with van der Waals surface area (Å²) in [6.45, 7) is 12.1. The highest BCUT2D eigenvalue weighted by atomic mass is 35.5. The zero-order chi connectivity index (χ0) is 29.1. The van der Waals surface area contributed by atoms with Crippen LogP contribution >= 0.6 is 22.9 Å². The molecule has 0 aliphatic carbocycles. The second-order valence-corrected chi connectivity index (χ2v) is 12.0. The third-order valence-electron chi connectivity index (χ3n) is 7.44. The molecule has 3 N–H and O–H groups in total. The summed E-state index contributed by atoms with van der Waals surface area (Å²) in [5, 5.41) is 10.5. The molecule has 0 radical (unpaired) electrons. The number of nitrogens with one attached hydrogen (secondary N) is 3. The van der Waals surface area contributed by atoms with Crippen molar-refractivity contribution in [1.29, 1.82) is 0 Å². The Labute approximate surface area is 246 Å². The van der Waals surface area contributed by atoms with Crippen LogP contribution in [-0.4, -0.2) is 79.1 Å². The lowest BCUT2D eigenvalue weighted by Gasteiger charge is -2.33. The molecule has 1 aliphatic rings. The van der Waals surface area contributed by atoms with Crippen molar-refractivity contribution in [2.24, 2.45) is 11.8 Å². The number of fused-ring (bicyclic) bond motifs is 1. The summed E-state index contributed by atoms with van der Waals surface area (Å²) in [6.07, 6.45) is 2.87. The molecule has 2 unspecified atom stereocenters. The van der Waals surface area contributed by atoms with E-state index in [-0.39, 0.29) is 42.0 Å². The highest BCUT2D eigenvalue weighted by Crippen LogP contribution is 2.26. The van der Waals surface area contributed by atoms with Crippen molar-refractivity contribution in [3.63, 3.8) is 0 Å². The number of ether oxygens (including phenoxy) is 1. The predicted molar refractivity (Wildman–Crippen MR) is 161 cm³/mol. The molecule has 2 heterocycles. The Bertz CT molecular complexity index is 1120. The summed E-state index contributed by atoms with van der Waals surface area (Å²) in [5.74, 6) is -0.483. The van der Waals surface area contributed by atoms with Gasteiger partial charge < -0.3 is 25.6 Å². The first kappa shape index (κ1) is 32.2. The van der Waals surface area contributed by atoms with Crippen LogP contribution in [-0.2, 0) is 25.5 Å². The molecular formula is C29H44ClN5O4S. The van der Waals surface area contributed by atoms with Crippen molar-refractivity contribution in [3.8, 4) is 0 Å². The normalized spacial score (nSPS) is 16.4. The maximum Gasteiger partial charge on any atom is 0.243 e. The van der Waals surface area contributed by atoms with Crippen LogP contribution in [0.3, 0.4) is 0 Å². The van der Waals surface area contributed by atoms with Crippen LogP contribution in [0.4, 0.5) is 0 Å². The molecule has 1 aliphatic heterocycles. The molecular weight excluding hydrogens is 550 g/mol. The van der Waals surface area contributed by atoms with Crippen molar-refractivity contribution in [2.45, 2.75) is 71.9 Å². The first-order valence-corrected chi connectivity index (χ1v) is 15.7. The number of aromatic nitrogens is 1. The fourth-order valence-corrected chi connectivity index (χ4v) is 6.27. The lowest BCUT2D eigenvalue weighted by molar-refractivity contribution is -0.130. The van der Waals surface area contributed by atoms with Crippen LogP contribution < -0.4 is 16.0 Å². The van der Waals surface area contributed by atoms with E-state index in [2.05, 4.69) is 39.7 Å². The predicted octanol–water partition coefficient (Wildman–Crippen LogP) is 3.78. The van der Waals surface area contributed by atoms with Gasteiger partial charge in [0.1, 0.15) is 6.04 Å². The standard InChI is InChI=1S/C29H44ClN5O4S/c1-5-8-26(36)32-23(16-27-33-22-10-9-21(30)15-25(22)40-27)29(38)34-24(20-11-13-39-14-12-20)17-31-28(37)19(4)18-35(6-2)7-3/h9-10,15,19-20,23-24H,5-8,11-14,16-18H2,1-4H3,(H,31,37)(H,32,36)(H,34,38)/t19?,23-,24?/m0/s1. The van der Waals surface area contributed by atoms with E-state index in [0.29, 0.717) is 44.2 Å². The molecule has 40 heavy (non-hydrogen) atoms. The summed E-state index contributed by atoms with van der Waals surface area (Å²) in [5.41, 5.74) is 0.810. The van der Waals surface area contributed by atoms with Crippen molar-refractivity contribution in [1.82, 2.24) is 25.8 Å². The average Bonchev–Trinajstić information content (AvgIpc) is 3.35. The monoisotopic (exact) mass is 593 g/mol. The Balaban J connectivity index is 1.73. The van der Waals surface area contributed by atoms with E-state index >= 15 is 0 Å². The zero-order valence-electron chi connectivity index (χ0n) is 24.1. The van der Waals surface area contributed by atoms with Gasteiger partial charge in [-0.25, -0.2) is 4.98 Å². The van der Waals surface area contributed by atoms with Crippen LogP contribution in [0.2, 0.25) is 5.02 Å². The van der Waals surface area contributed by atoms with E-state index in [4.69, 9.17) is 16.3 Å². The number of amides is 3. The lowest BCUT2D eigenvalue weighted by Crippen LogP contribution is -2.56. The number of carbonyl (C=O) groups is 3. The van der Waals surface area contributed by atoms with E-state index in [0.717, 1.165) is 41.2 Å². The molecule has 222 valence electrons. The Morgan fingerprint density at radius 2 is 1.85 bits per heavy atom. The minimum absolute atomic E-state index is 0.0286. The molecule has 11 heteroatoms. The van der Waals surface area contributed by atoms with E-state index in [9.17, 15) is 14.4 Å². The van der Waals surface area contributed by atoms with Crippen molar-refractivity contribution >= 4 is 50.9 Å². The maximum atomic E-state index is 13.7. The first-order chi connectivity index (χ1) is 19.2. The maximum absolute atomic E-state index is 13.7. The number of hydrogen-bond acceptors (Lipinski definition) is 7. The van der Waals surface area contributed by atoms with Gasteiger partial charge >= 0.3 is 0 Å². The highest BCUT2D eigenvalue weighted by molar-refractivity contribution is 7.18. The zero-order valence-corrected chi connectivity index (χ0v) is 25.7. The van der Waals surface area contributed by atoms with Crippen LogP contribution in [0.5, 0.6) is 0 Å². The molecule has 3 atom stereocenters. The van der Waals surface area contributed by atoms with Gasteiger partial charge in [0.05, 0.1) is 15.2 Å². The van der Waals surface area contributed by atoms with E-state index in [1.54, 1.807) is 6.07 Å². The number of halogens is 1. The first-order valence-electron chi connectivity index (χ1n) is 14.5. The second-order valence-electron chi connectivity index (χ2n) is 10.5. The third kappa shape index (κ3) is 9.68. The van der Waals surface area contributed by atoms with Gasteiger partial charge in [0.15, 0.2) is 0 Å². The third-order valence-corrected chi connectivity index (χ3v) is 8.71. The largest absolute Gasteiger partial charge is 0.381 e. The van der Waals surface area contributed by atoms with Crippen molar-refractivity contribution < 1.29 is 19.1 Å². The number of thiazole rings is 1.